The number of nitrogens with one attached hydrogen (secondary N) is 1. The molecule has 2 rings (SSSR count). The minimum atomic E-state index is 0. The van der Waals surface area contributed by atoms with E-state index in [-0.39, 0.29) is 12.4 Å². The molecule has 0 aliphatic rings. The Morgan fingerprint density at radius 3 is 2.94 bits per heavy atom. The fourth-order valence-corrected chi connectivity index (χ4v) is 1.95. The fraction of sp³-hybridized carbons (Fsp3) is 0.455. The first-order valence-electron chi connectivity index (χ1n) is 5.33. The summed E-state index contributed by atoms with van der Waals surface area (Å²) < 4.78 is 5.15. The van der Waals surface area contributed by atoms with Crippen LogP contribution in [0.5, 0.6) is 0 Å². The Morgan fingerprint density at radius 2 is 2.29 bits per heavy atom. The van der Waals surface area contributed by atoms with Crippen LogP contribution < -0.4 is 5.32 Å². The maximum Gasteiger partial charge on any atom is 0.240 e. The molecule has 1 N–H and O–H groups in total. The Kier molecular flexibility index (Phi) is 5.61. The summed E-state index contributed by atoms with van der Waals surface area (Å²) in [5.41, 5.74) is 0. The number of thiophene rings is 1. The summed E-state index contributed by atoms with van der Waals surface area (Å²) in [6, 6.07) is 3.97. The number of nitrogens with zero attached hydrogens (tertiary/aromatic N) is 2. The maximum absolute atomic E-state index is 5.15. The first-order valence-corrected chi connectivity index (χ1v) is 6.21. The number of rotatable bonds is 5. The van der Waals surface area contributed by atoms with Gasteiger partial charge in [0.05, 0.1) is 11.4 Å². The molecule has 17 heavy (non-hydrogen) atoms. The van der Waals surface area contributed by atoms with Crippen LogP contribution in [0.15, 0.2) is 22.0 Å². The van der Waals surface area contributed by atoms with E-state index in [1.807, 2.05) is 17.5 Å². The molecule has 0 fully saturated rings. The van der Waals surface area contributed by atoms with Gasteiger partial charge in [-0.3, -0.25) is 0 Å². The lowest BCUT2D eigenvalue weighted by molar-refractivity contribution is 0.364. The van der Waals surface area contributed by atoms with Crippen LogP contribution in [0.1, 0.15) is 19.7 Å². The number of aromatic nitrogens is 2. The minimum Gasteiger partial charge on any atom is -0.338 e. The monoisotopic (exact) mass is 273 g/mol. The van der Waals surface area contributed by atoms with Gasteiger partial charge >= 0.3 is 0 Å². The largest absolute Gasteiger partial charge is 0.338 e. The van der Waals surface area contributed by atoms with Crippen LogP contribution in [0.2, 0.25) is 0 Å². The van der Waals surface area contributed by atoms with Crippen LogP contribution in [0, 0.1) is 5.92 Å². The molecular formula is C11H16ClN3OS. The second-order valence-electron chi connectivity index (χ2n) is 4.01. The zero-order chi connectivity index (χ0) is 11.4. The molecule has 0 saturated heterocycles. The van der Waals surface area contributed by atoms with E-state index in [1.54, 1.807) is 11.3 Å². The first kappa shape index (κ1) is 14.2. The first-order chi connectivity index (χ1) is 7.75. The summed E-state index contributed by atoms with van der Waals surface area (Å²) in [6.45, 7) is 5.92. The SMILES string of the molecule is CC(C)CNCc1nc(-c2cccs2)no1.Cl. The van der Waals surface area contributed by atoms with E-state index >= 15 is 0 Å². The Balaban J connectivity index is 0.00000144. The average molecular weight is 274 g/mol. The van der Waals surface area contributed by atoms with Crippen LogP contribution in [-0.2, 0) is 6.54 Å². The van der Waals surface area contributed by atoms with Crippen LogP contribution in [0.3, 0.4) is 0 Å². The van der Waals surface area contributed by atoms with Crippen molar-refractivity contribution in [1.29, 1.82) is 0 Å². The van der Waals surface area contributed by atoms with Crippen molar-refractivity contribution in [3.63, 3.8) is 0 Å². The molecular weight excluding hydrogens is 258 g/mol. The van der Waals surface area contributed by atoms with Crippen molar-refractivity contribution in [3.05, 3.63) is 23.4 Å². The van der Waals surface area contributed by atoms with Crippen molar-refractivity contribution in [2.75, 3.05) is 6.54 Å². The van der Waals surface area contributed by atoms with Crippen molar-refractivity contribution in [2.45, 2.75) is 20.4 Å². The molecule has 2 aromatic rings. The smallest absolute Gasteiger partial charge is 0.240 e. The Bertz CT molecular complexity index is 428. The lowest BCUT2D eigenvalue weighted by Gasteiger charge is -2.03. The van der Waals surface area contributed by atoms with E-state index in [9.17, 15) is 0 Å². The molecule has 94 valence electrons. The molecule has 0 bridgehead atoms. The maximum atomic E-state index is 5.15. The van der Waals surface area contributed by atoms with E-state index in [4.69, 9.17) is 4.52 Å². The molecule has 0 aromatic carbocycles. The van der Waals surface area contributed by atoms with E-state index < -0.39 is 0 Å². The molecule has 0 unspecified atom stereocenters. The summed E-state index contributed by atoms with van der Waals surface area (Å²) in [5, 5.41) is 9.21. The molecule has 2 heterocycles. The molecule has 4 nitrogen and oxygen atoms in total. The highest BCUT2D eigenvalue weighted by Crippen LogP contribution is 2.21. The molecule has 6 heteroatoms. The summed E-state index contributed by atoms with van der Waals surface area (Å²) in [6.07, 6.45) is 0. The number of hydrogen-bond donors (Lipinski definition) is 1. The van der Waals surface area contributed by atoms with Crippen molar-refractivity contribution < 1.29 is 4.52 Å². The zero-order valence-corrected chi connectivity index (χ0v) is 11.5. The van der Waals surface area contributed by atoms with Gasteiger partial charge < -0.3 is 9.84 Å². The van der Waals surface area contributed by atoms with Gasteiger partial charge in [-0.15, -0.1) is 23.7 Å². The lowest BCUT2D eigenvalue weighted by atomic mass is 10.2. The summed E-state index contributed by atoms with van der Waals surface area (Å²) >= 11 is 1.61. The van der Waals surface area contributed by atoms with Gasteiger partial charge in [0.1, 0.15) is 0 Å². The molecule has 0 aliphatic heterocycles. The summed E-state index contributed by atoms with van der Waals surface area (Å²) in [4.78, 5) is 5.36. The molecule has 0 amide bonds. The van der Waals surface area contributed by atoms with Gasteiger partial charge in [-0.1, -0.05) is 25.1 Å². The van der Waals surface area contributed by atoms with Crippen molar-refractivity contribution in [1.82, 2.24) is 15.5 Å². The van der Waals surface area contributed by atoms with Crippen molar-refractivity contribution in [2.24, 2.45) is 5.92 Å². The normalized spacial score (nSPS) is 10.5. The third-order valence-electron chi connectivity index (χ3n) is 2.04. The Hall–Kier alpha value is -0.910. The van der Waals surface area contributed by atoms with E-state index in [0.29, 0.717) is 24.2 Å². The number of hydrogen-bond acceptors (Lipinski definition) is 5. The van der Waals surface area contributed by atoms with Gasteiger partial charge in [0.15, 0.2) is 0 Å². The van der Waals surface area contributed by atoms with Crippen molar-refractivity contribution >= 4 is 23.7 Å². The quantitative estimate of drug-likeness (QED) is 0.910. The van der Waals surface area contributed by atoms with Gasteiger partial charge in [0, 0.05) is 0 Å². The second-order valence-corrected chi connectivity index (χ2v) is 4.96. The fourth-order valence-electron chi connectivity index (χ4n) is 1.30. The minimum absolute atomic E-state index is 0. The van der Waals surface area contributed by atoms with Crippen molar-refractivity contribution in [3.8, 4) is 10.7 Å². The van der Waals surface area contributed by atoms with Crippen LogP contribution >= 0.6 is 23.7 Å². The average Bonchev–Trinajstić information content (AvgIpc) is 2.85. The highest BCUT2D eigenvalue weighted by atomic mass is 35.5. The highest BCUT2D eigenvalue weighted by Gasteiger charge is 2.08. The van der Waals surface area contributed by atoms with E-state index in [0.717, 1.165) is 11.4 Å². The molecule has 0 spiro atoms. The molecule has 0 atom stereocenters. The molecule has 0 radical (unpaired) electrons. The topological polar surface area (TPSA) is 51.0 Å². The Labute approximate surface area is 111 Å². The second kappa shape index (κ2) is 6.74. The van der Waals surface area contributed by atoms with Gasteiger partial charge in [0.25, 0.3) is 0 Å². The molecule has 0 saturated carbocycles. The van der Waals surface area contributed by atoms with Crippen LogP contribution in [0.4, 0.5) is 0 Å². The van der Waals surface area contributed by atoms with Gasteiger partial charge in [0.2, 0.25) is 11.7 Å². The predicted molar refractivity (Wildman–Crippen MR) is 71.4 cm³/mol. The summed E-state index contributed by atoms with van der Waals surface area (Å²) in [5.74, 6) is 1.94. The molecule has 2 aromatic heterocycles. The predicted octanol–water partition coefficient (Wildman–Crippen LogP) is 2.97. The van der Waals surface area contributed by atoms with Crippen LogP contribution in [-0.4, -0.2) is 16.7 Å². The third-order valence-corrected chi connectivity index (χ3v) is 2.90. The summed E-state index contributed by atoms with van der Waals surface area (Å²) in [7, 11) is 0. The Morgan fingerprint density at radius 1 is 1.47 bits per heavy atom. The van der Waals surface area contributed by atoms with Crippen LogP contribution in [0.25, 0.3) is 10.7 Å². The standard InChI is InChI=1S/C11H15N3OS.ClH/c1-8(2)6-12-7-10-13-11(14-15-10)9-4-3-5-16-9;/h3-5,8,12H,6-7H2,1-2H3;1H. The van der Waals surface area contributed by atoms with Gasteiger partial charge in [-0.25, -0.2) is 0 Å². The van der Waals surface area contributed by atoms with E-state index in [2.05, 4.69) is 29.3 Å². The van der Waals surface area contributed by atoms with Gasteiger partial charge in [-0.2, -0.15) is 4.98 Å². The zero-order valence-electron chi connectivity index (χ0n) is 9.84. The number of halogens is 1. The molecule has 0 aliphatic carbocycles. The lowest BCUT2D eigenvalue weighted by Crippen LogP contribution is -2.19. The van der Waals surface area contributed by atoms with E-state index in [1.165, 1.54) is 0 Å². The van der Waals surface area contributed by atoms with Gasteiger partial charge in [-0.05, 0) is 23.9 Å². The highest BCUT2D eigenvalue weighted by molar-refractivity contribution is 7.13. The third kappa shape index (κ3) is 4.11.